The lowest BCUT2D eigenvalue weighted by molar-refractivity contribution is -0.123. The van der Waals surface area contributed by atoms with Crippen LogP contribution in [-0.2, 0) is 9.59 Å². The van der Waals surface area contributed by atoms with E-state index in [0.717, 1.165) is 16.9 Å². The summed E-state index contributed by atoms with van der Waals surface area (Å²) in [6.45, 7) is 0. The fraction of sp³-hybridized carbons (Fsp3) is 0.240. The van der Waals surface area contributed by atoms with Crippen molar-refractivity contribution in [3.8, 4) is 0 Å². The summed E-state index contributed by atoms with van der Waals surface area (Å²) in [7, 11) is 3.99. The molecule has 0 spiro atoms. The van der Waals surface area contributed by atoms with Gasteiger partial charge in [-0.15, -0.1) is 0 Å². The van der Waals surface area contributed by atoms with Gasteiger partial charge in [-0.3, -0.25) is 14.6 Å². The highest BCUT2D eigenvalue weighted by Gasteiger charge is 2.59. The topological polar surface area (TPSA) is 65.5 Å². The molecule has 3 heterocycles. The summed E-state index contributed by atoms with van der Waals surface area (Å²) in [6, 6.07) is 22.4. The van der Waals surface area contributed by atoms with Gasteiger partial charge in [-0.2, -0.15) is 0 Å². The summed E-state index contributed by atoms with van der Waals surface area (Å²) in [4.78, 5) is 35.0. The zero-order valence-corrected chi connectivity index (χ0v) is 17.5. The second kappa shape index (κ2) is 7.63. The van der Waals surface area contributed by atoms with E-state index < -0.39 is 11.8 Å². The minimum atomic E-state index is -0.499. The molecule has 0 unspecified atom stereocenters. The highest BCUT2D eigenvalue weighted by Crippen LogP contribution is 2.50. The van der Waals surface area contributed by atoms with Crippen LogP contribution in [0.2, 0.25) is 0 Å². The Balaban J connectivity index is 1.57. The summed E-state index contributed by atoms with van der Waals surface area (Å²) < 4.78 is 0. The number of pyridine rings is 1. The summed E-state index contributed by atoms with van der Waals surface area (Å²) in [5.74, 6) is -1.31. The molecule has 156 valence electrons. The van der Waals surface area contributed by atoms with Gasteiger partial charge in [-0.05, 0) is 42.0 Å². The van der Waals surface area contributed by atoms with Crippen molar-refractivity contribution in [2.75, 3.05) is 23.9 Å². The number of nitrogens with one attached hydrogen (secondary N) is 1. The number of carbonyl (C=O) groups excluding carboxylic acids is 2. The summed E-state index contributed by atoms with van der Waals surface area (Å²) in [6.07, 6.45) is 1.72. The largest absolute Gasteiger partial charge is 0.378 e. The Kier molecular flexibility index (Phi) is 4.79. The number of fused-ring (bicyclic) bond motifs is 1. The third-order valence-corrected chi connectivity index (χ3v) is 6.26. The molecular formula is C25H24N4O2. The van der Waals surface area contributed by atoms with E-state index in [1.54, 1.807) is 18.3 Å². The molecule has 6 nitrogen and oxygen atoms in total. The van der Waals surface area contributed by atoms with Crippen LogP contribution in [0.4, 0.5) is 11.4 Å². The predicted molar refractivity (Wildman–Crippen MR) is 120 cm³/mol. The molecule has 3 aromatic rings. The third-order valence-electron chi connectivity index (χ3n) is 6.26. The standard InChI is InChI=1S/C25H24N4O2/c1-28(2)17-13-11-16(12-14-17)22-20-21(23(27-22)19-10-6-7-15-26-19)25(31)29(24(20)30)18-8-4-3-5-9-18/h3-15,20-23,27H,1-2H3/t20-,21+,22+,23-/m1/s1. The van der Waals surface area contributed by atoms with Crippen LogP contribution in [0.5, 0.6) is 0 Å². The van der Waals surface area contributed by atoms with Crippen LogP contribution < -0.4 is 15.1 Å². The van der Waals surface area contributed by atoms with Crippen molar-refractivity contribution in [1.29, 1.82) is 0 Å². The van der Waals surface area contributed by atoms with Gasteiger partial charge < -0.3 is 10.2 Å². The Morgan fingerprint density at radius 2 is 1.45 bits per heavy atom. The first-order valence-electron chi connectivity index (χ1n) is 10.4. The number of aromatic nitrogens is 1. The van der Waals surface area contributed by atoms with Crippen LogP contribution >= 0.6 is 0 Å². The predicted octanol–water partition coefficient (Wildman–Crippen LogP) is 3.34. The van der Waals surface area contributed by atoms with Crippen LogP contribution in [0.25, 0.3) is 0 Å². The number of amides is 2. The molecule has 0 aliphatic carbocycles. The molecule has 2 aliphatic heterocycles. The average Bonchev–Trinajstić information content (AvgIpc) is 3.32. The fourth-order valence-corrected chi connectivity index (χ4v) is 4.76. The van der Waals surface area contributed by atoms with E-state index in [1.807, 2.05) is 79.7 Å². The maximum Gasteiger partial charge on any atom is 0.239 e. The second-order valence-electron chi connectivity index (χ2n) is 8.26. The van der Waals surface area contributed by atoms with Gasteiger partial charge in [-0.1, -0.05) is 36.4 Å². The SMILES string of the molecule is CN(C)c1ccc([C@@H]2N[C@H](c3ccccn3)[C@H]3C(=O)N(c4ccccc4)C(=O)[C@H]32)cc1. The van der Waals surface area contributed by atoms with Crippen molar-refractivity contribution >= 4 is 23.2 Å². The van der Waals surface area contributed by atoms with E-state index >= 15 is 0 Å². The minimum Gasteiger partial charge on any atom is -0.378 e. The molecule has 0 bridgehead atoms. The summed E-state index contributed by atoms with van der Waals surface area (Å²) >= 11 is 0. The van der Waals surface area contributed by atoms with E-state index in [0.29, 0.717) is 5.69 Å². The fourth-order valence-electron chi connectivity index (χ4n) is 4.76. The van der Waals surface area contributed by atoms with Crippen molar-refractivity contribution in [3.05, 3.63) is 90.3 Å². The molecule has 1 aromatic heterocycles. The number of anilines is 2. The maximum atomic E-state index is 13.6. The van der Waals surface area contributed by atoms with Crippen LogP contribution in [0.1, 0.15) is 23.3 Å². The Hall–Kier alpha value is -3.51. The molecule has 2 aromatic carbocycles. The first-order chi connectivity index (χ1) is 15.1. The number of nitrogens with zero attached hydrogens (tertiary/aromatic N) is 3. The molecule has 1 N–H and O–H groups in total. The van der Waals surface area contributed by atoms with Gasteiger partial charge in [0, 0.05) is 32.0 Å². The third kappa shape index (κ3) is 3.20. The van der Waals surface area contributed by atoms with Gasteiger partial charge in [0.1, 0.15) is 0 Å². The molecule has 2 saturated heterocycles. The number of imide groups is 1. The number of carbonyl (C=O) groups is 2. The molecule has 31 heavy (non-hydrogen) atoms. The van der Waals surface area contributed by atoms with Crippen molar-refractivity contribution in [2.24, 2.45) is 11.8 Å². The maximum absolute atomic E-state index is 13.6. The number of para-hydroxylation sites is 1. The number of benzene rings is 2. The first kappa shape index (κ1) is 19.5. The summed E-state index contributed by atoms with van der Waals surface area (Å²) in [5, 5.41) is 3.56. The number of hydrogen-bond donors (Lipinski definition) is 1. The van der Waals surface area contributed by atoms with E-state index in [9.17, 15) is 9.59 Å². The highest BCUT2D eigenvalue weighted by atomic mass is 16.2. The second-order valence-corrected chi connectivity index (χ2v) is 8.26. The monoisotopic (exact) mass is 412 g/mol. The van der Waals surface area contributed by atoms with E-state index in [-0.39, 0.29) is 23.9 Å². The molecule has 6 heteroatoms. The van der Waals surface area contributed by atoms with Gasteiger partial charge in [0.25, 0.3) is 0 Å². The molecule has 5 rings (SSSR count). The first-order valence-corrected chi connectivity index (χ1v) is 10.4. The zero-order chi connectivity index (χ0) is 21.5. The van der Waals surface area contributed by atoms with Crippen LogP contribution in [0.3, 0.4) is 0 Å². The zero-order valence-electron chi connectivity index (χ0n) is 17.5. The lowest BCUT2D eigenvalue weighted by Gasteiger charge is -2.23. The lowest BCUT2D eigenvalue weighted by Crippen LogP contribution is -2.36. The van der Waals surface area contributed by atoms with Crippen molar-refractivity contribution < 1.29 is 9.59 Å². The van der Waals surface area contributed by atoms with Crippen LogP contribution in [-0.4, -0.2) is 30.9 Å². The van der Waals surface area contributed by atoms with E-state index in [2.05, 4.69) is 10.3 Å². The molecule has 4 atom stereocenters. The minimum absolute atomic E-state index is 0.159. The molecule has 2 amide bonds. The Morgan fingerprint density at radius 1 is 0.806 bits per heavy atom. The van der Waals surface area contributed by atoms with Crippen molar-refractivity contribution in [2.45, 2.75) is 12.1 Å². The molecule has 0 radical (unpaired) electrons. The van der Waals surface area contributed by atoms with E-state index in [4.69, 9.17) is 0 Å². The smallest absolute Gasteiger partial charge is 0.239 e. The molecule has 2 aliphatic rings. The Morgan fingerprint density at radius 3 is 2.06 bits per heavy atom. The van der Waals surface area contributed by atoms with Gasteiger partial charge in [0.15, 0.2) is 0 Å². The Labute approximate surface area is 181 Å². The molecule has 2 fully saturated rings. The van der Waals surface area contributed by atoms with Crippen molar-refractivity contribution in [3.63, 3.8) is 0 Å². The van der Waals surface area contributed by atoms with Gasteiger partial charge in [0.05, 0.1) is 29.3 Å². The van der Waals surface area contributed by atoms with Gasteiger partial charge in [-0.25, -0.2) is 4.90 Å². The molecular weight excluding hydrogens is 388 g/mol. The number of rotatable bonds is 4. The van der Waals surface area contributed by atoms with Crippen LogP contribution in [0, 0.1) is 11.8 Å². The molecule has 0 saturated carbocycles. The number of hydrogen-bond acceptors (Lipinski definition) is 5. The summed E-state index contributed by atoms with van der Waals surface area (Å²) in [5.41, 5.74) is 3.48. The van der Waals surface area contributed by atoms with Crippen LogP contribution in [0.15, 0.2) is 79.0 Å². The van der Waals surface area contributed by atoms with Gasteiger partial charge >= 0.3 is 0 Å². The van der Waals surface area contributed by atoms with Crippen molar-refractivity contribution in [1.82, 2.24) is 10.3 Å². The van der Waals surface area contributed by atoms with E-state index in [1.165, 1.54) is 4.90 Å². The highest BCUT2D eigenvalue weighted by molar-refractivity contribution is 6.22. The van der Waals surface area contributed by atoms with Gasteiger partial charge in [0.2, 0.25) is 11.8 Å². The normalized spacial score (nSPS) is 25.0. The quantitative estimate of drug-likeness (QED) is 0.666. The Bertz CT molecular complexity index is 1100. The lowest BCUT2D eigenvalue weighted by atomic mass is 9.85. The average molecular weight is 412 g/mol.